The maximum absolute atomic E-state index is 14.1. The van der Waals surface area contributed by atoms with Crippen LogP contribution in [0.3, 0.4) is 0 Å². The highest BCUT2D eigenvalue weighted by molar-refractivity contribution is 8.27. The van der Waals surface area contributed by atoms with Gasteiger partial charge in [-0.1, -0.05) is 71.4 Å². The number of amides is 1. The Labute approximate surface area is 198 Å². The van der Waals surface area contributed by atoms with E-state index in [9.17, 15) is 9.18 Å². The van der Waals surface area contributed by atoms with Crippen LogP contribution in [-0.4, -0.2) is 10.2 Å². The van der Waals surface area contributed by atoms with Gasteiger partial charge in [-0.25, -0.2) is 4.39 Å². The molecule has 156 valence electrons. The summed E-state index contributed by atoms with van der Waals surface area (Å²) in [6.45, 7) is -0.0396. The van der Waals surface area contributed by atoms with Crippen molar-refractivity contribution in [3.8, 4) is 5.75 Å². The Morgan fingerprint density at radius 2 is 1.77 bits per heavy atom. The molecule has 1 aliphatic heterocycles. The fourth-order valence-electron chi connectivity index (χ4n) is 2.97. The van der Waals surface area contributed by atoms with Crippen LogP contribution < -0.4 is 9.64 Å². The number of hydrogen-bond donors (Lipinski definition) is 0. The molecule has 3 aromatic rings. The van der Waals surface area contributed by atoms with Gasteiger partial charge in [0, 0.05) is 16.1 Å². The highest BCUT2D eigenvalue weighted by atomic mass is 35.5. The van der Waals surface area contributed by atoms with E-state index in [1.165, 1.54) is 28.8 Å². The average molecular weight is 490 g/mol. The van der Waals surface area contributed by atoms with Crippen molar-refractivity contribution in [2.24, 2.45) is 0 Å². The van der Waals surface area contributed by atoms with Gasteiger partial charge in [0.05, 0.1) is 15.6 Å². The number of ether oxygens (including phenoxy) is 1. The second-order valence-corrected chi connectivity index (χ2v) is 9.04. The van der Waals surface area contributed by atoms with Crippen molar-refractivity contribution < 1.29 is 13.9 Å². The molecule has 0 bridgehead atoms. The van der Waals surface area contributed by atoms with Crippen LogP contribution in [0.2, 0.25) is 10.0 Å². The predicted molar refractivity (Wildman–Crippen MR) is 129 cm³/mol. The lowest BCUT2D eigenvalue weighted by molar-refractivity contribution is -0.113. The molecule has 1 fully saturated rings. The lowest BCUT2D eigenvalue weighted by Gasteiger charge is -2.14. The summed E-state index contributed by atoms with van der Waals surface area (Å²) in [5.74, 6) is -0.170. The average Bonchev–Trinajstić information content (AvgIpc) is 3.02. The Morgan fingerprint density at radius 1 is 1.03 bits per heavy atom. The summed E-state index contributed by atoms with van der Waals surface area (Å²) in [5, 5.41) is 0.868. The first-order chi connectivity index (χ1) is 14.9. The van der Waals surface area contributed by atoms with Crippen LogP contribution in [0, 0.1) is 5.82 Å². The first kappa shape index (κ1) is 21.8. The highest BCUT2D eigenvalue weighted by Gasteiger charge is 2.33. The monoisotopic (exact) mass is 489 g/mol. The van der Waals surface area contributed by atoms with Crippen molar-refractivity contribution in [3.63, 3.8) is 0 Å². The molecule has 0 N–H and O–H groups in total. The summed E-state index contributed by atoms with van der Waals surface area (Å²) in [6, 6.07) is 18.6. The molecule has 0 saturated carbocycles. The predicted octanol–water partition coefficient (Wildman–Crippen LogP) is 7.12. The molecule has 0 atom stereocenters. The van der Waals surface area contributed by atoms with Gasteiger partial charge in [0.25, 0.3) is 5.91 Å². The highest BCUT2D eigenvalue weighted by Crippen LogP contribution is 2.37. The molecule has 31 heavy (non-hydrogen) atoms. The quantitative estimate of drug-likeness (QED) is 0.282. The SMILES string of the molecule is O=C1/C(=C/c2ccccc2OCc2c(F)cccc2Cl)SC(=S)N1c1ccc(Cl)cc1. The third kappa shape index (κ3) is 4.77. The van der Waals surface area contributed by atoms with Gasteiger partial charge in [-0.2, -0.15) is 0 Å². The normalized spacial score (nSPS) is 15.1. The number of nitrogens with zero attached hydrogens (tertiary/aromatic N) is 1. The molecule has 1 aliphatic rings. The molecule has 0 spiro atoms. The van der Waals surface area contributed by atoms with Gasteiger partial charge in [-0.05, 0) is 48.5 Å². The first-order valence-corrected chi connectivity index (χ1v) is 11.1. The van der Waals surface area contributed by atoms with E-state index in [2.05, 4.69) is 0 Å². The number of hydrogen-bond acceptors (Lipinski definition) is 4. The second-order valence-electron chi connectivity index (χ2n) is 6.52. The van der Waals surface area contributed by atoms with Crippen LogP contribution in [-0.2, 0) is 11.4 Å². The summed E-state index contributed by atoms with van der Waals surface area (Å²) >= 11 is 18.6. The van der Waals surface area contributed by atoms with Gasteiger partial charge in [-0.15, -0.1) is 0 Å². The van der Waals surface area contributed by atoms with E-state index in [0.29, 0.717) is 36.3 Å². The standard InChI is InChI=1S/C23H14Cl2FNO2S2/c24-15-8-10-16(11-9-15)27-22(28)21(31-23(27)30)12-14-4-1-2-7-20(14)29-13-17-18(25)5-3-6-19(17)26/h1-12H,13H2/b21-12-. The Balaban J connectivity index is 1.59. The van der Waals surface area contributed by atoms with Gasteiger partial charge >= 0.3 is 0 Å². The van der Waals surface area contributed by atoms with E-state index in [1.807, 2.05) is 12.1 Å². The summed E-state index contributed by atoms with van der Waals surface area (Å²) in [4.78, 5) is 14.9. The van der Waals surface area contributed by atoms with Crippen LogP contribution in [0.25, 0.3) is 6.08 Å². The van der Waals surface area contributed by atoms with Crippen molar-refractivity contribution in [1.29, 1.82) is 0 Å². The lowest BCUT2D eigenvalue weighted by atomic mass is 10.1. The van der Waals surface area contributed by atoms with Crippen molar-refractivity contribution in [2.75, 3.05) is 4.90 Å². The van der Waals surface area contributed by atoms with Gasteiger partial charge < -0.3 is 4.74 Å². The maximum atomic E-state index is 14.1. The van der Waals surface area contributed by atoms with E-state index in [0.717, 1.165) is 0 Å². The van der Waals surface area contributed by atoms with Crippen LogP contribution in [0.1, 0.15) is 11.1 Å². The van der Waals surface area contributed by atoms with E-state index < -0.39 is 5.82 Å². The van der Waals surface area contributed by atoms with Crippen LogP contribution in [0.15, 0.2) is 71.6 Å². The Hall–Kier alpha value is -2.38. The minimum absolute atomic E-state index is 0.0396. The molecule has 0 aromatic heterocycles. The third-order valence-corrected chi connectivity index (χ3v) is 6.43. The van der Waals surface area contributed by atoms with Gasteiger partial charge in [0.2, 0.25) is 0 Å². The number of thioether (sulfide) groups is 1. The summed E-state index contributed by atoms with van der Waals surface area (Å²) in [6.07, 6.45) is 1.72. The zero-order valence-corrected chi connectivity index (χ0v) is 19.0. The zero-order chi connectivity index (χ0) is 22.0. The van der Waals surface area contributed by atoms with Gasteiger partial charge in [0.15, 0.2) is 4.32 Å². The van der Waals surface area contributed by atoms with Crippen LogP contribution >= 0.6 is 47.2 Å². The summed E-state index contributed by atoms with van der Waals surface area (Å²) in [5.41, 5.74) is 1.59. The number of para-hydroxylation sites is 1. The number of halogens is 3. The number of benzene rings is 3. The van der Waals surface area contributed by atoms with Gasteiger partial charge in [-0.3, -0.25) is 9.69 Å². The number of rotatable bonds is 5. The smallest absolute Gasteiger partial charge is 0.270 e. The number of anilines is 1. The second kappa shape index (κ2) is 9.40. The minimum atomic E-state index is -0.436. The molecule has 1 saturated heterocycles. The topological polar surface area (TPSA) is 29.5 Å². The molecule has 3 aromatic carbocycles. The number of carbonyl (C=O) groups is 1. The fraction of sp³-hybridized carbons (Fsp3) is 0.0435. The largest absolute Gasteiger partial charge is 0.488 e. The van der Waals surface area contributed by atoms with Crippen LogP contribution in [0.4, 0.5) is 10.1 Å². The third-order valence-electron chi connectivity index (χ3n) is 4.52. The molecule has 0 radical (unpaired) electrons. The first-order valence-electron chi connectivity index (χ1n) is 9.12. The van der Waals surface area contributed by atoms with Crippen LogP contribution in [0.5, 0.6) is 5.75 Å². The molecular formula is C23H14Cl2FNO2S2. The molecule has 1 amide bonds. The minimum Gasteiger partial charge on any atom is -0.488 e. The number of carbonyl (C=O) groups excluding carboxylic acids is 1. The molecule has 3 nitrogen and oxygen atoms in total. The van der Waals surface area contributed by atoms with Crippen molar-refractivity contribution in [2.45, 2.75) is 6.61 Å². The van der Waals surface area contributed by atoms with Gasteiger partial charge in [0.1, 0.15) is 18.2 Å². The van der Waals surface area contributed by atoms with E-state index in [1.54, 1.807) is 48.5 Å². The Morgan fingerprint density at radius 3 is 2.52 bits per heavy atom. The summed E-state index contributed by atoms with van der Waals surface area (Å²) in [7, 11) is 0. The Bertz CT molecular complexity index is 1180. The molecule has 1 heterocycles. The van der Waals surface area contributed by atoms with Crippen molar-refractivity contribution in [1.82, 2.24) is 0 Å². The maximum Gasteiger partial charge on any atom is 0.270 e. The van der Waals surface area contributed by atoms with Crippen molar-refractivity contribution in [3.05, 3.63) is 98.6 Å². The van der Waals surface area contributed by atoms with E-state index in [-0.39, 0.29) is 18.1 Å². The zero-order valence-electron chi connectivity index (χ0n) is 15.8. The molecule has 0 aliphatic carbocycles. The Kier molecular flexibility index (Phi) is 6.62. The molecular weight excluding hydrogens is 476 g/mol. The molecule has 8 heteroatoms. The van der Waals surface area contributed by atoms with E-state index in [4.69, 9.17) is 40.2 Å². The summed E-state index contributed by atoms with van der Waals surface area (Å²) < 4.78 is 20.3. The molecule has 0 unspecified atom stereocenters. The fourth-order valence-corrected chi connectivity index (χ4v) is 4.61. The van der Waals surface area contributed by atoms with E-state index >= 15 is 0 Å². The number of thiocarbonyl (C=S) groups is 1. The lowest BCUT2D eigenvalue weighted by Crippen LogP contribution is -2.27. The van der Waals surface area contributed by atoms with Crippen molar-refractivity contribution >= 4 is 69.2 Å². The molecule has 4 rings (SSSR count).